The third-order valence-corrected chi connectivity index (χ3v) is 2.75. The largest absolute Gasteiger partial charge is 0.378 e. The van der Waals surface area contributed by atoms with Crippen LogP contribution < -0.4 is 16.0 Å². The molecule has 0 aliphatic heterocycles. The van der Waals surface area contributed by atoms with Gasteiger partial charge in [0, 0.05) is 37.9 Å². The van der Waals surface area contributed by atoms with Crippen LogP contribution in [0.1, 0.15) is 26.2 Å². The van der Waals surface area contributed by atoms with E-state index in [9.17, 15) is 4.79 Å². The fourth-order valence-electron chi connectivity index (χ4n) is 1.78. The van der Waals surface area contributed by atoms with Gasteiger partial charge < -0.3 is 16.0 Å². The van der Waals surface area contributed by atoms with Crippen LogP contribution in [-0.2, 0) is 4.79 Å². The molecule has 0 spiro atoms. The lowest BCUT2D eigenvalue weighted by Crippen LogP contribution is -2.26. The monoisotopic (exact) mass is 249 g/mol. The van der Waals surface area contributed by atoms with Crippen LogP contribution in [0.15, 0.2) is 24.3 Å². The van der Waals surface area contributed by atoms with E-state index in [-0.39, 0.29) is 11.9 Å². The van der Waals surface area contributed by atoms with Crippen LogP contribution >= 0.6 is 0 Å². The number of nitrogens with two attached hydrogens (primary N) is 1. The van der Waals surface area contributed by atoms with E-state index in [1.165, 1.54) is 0 Å². The summed E-state index contributed by atoms with van der Waals surface area (Å²) in [6.07, 6.45) is 2.26. The first kappa shape index (κ1) is 14.5. The first-order valence-corrected chi connectivity index (χ1v) is 6.35. The number of hydrogen-bond acceptors (Lipinski definition) is 3. The average molecular weight is 249 g/mol. The fourth-order valence-corrected chi connectivity index (χ4v) is 1.78. The highest BCUT2D eigenvalue weighted by Crippen LogP contribution is 2.17. The van der Waals surface area contributed by atoms with Crippen LogP contribution in [0, 0.1) is 0 Å². The Bertz CT molecular complexity index is 390. The second kappa shape index (κ2) is 7.01. The molecule has 1 unspecified atom stereocenters. The molecular formula is C14H23N3O. The van der Waals surface area contributed by atoms with Gasteiger partial charge in [-0.1, -0.05) is 19.4 Å². The molecule has 1 rings (SSSR count). The first-order chi connectivity index (χ1) is 8.52. The minimum absolute atomic E-state index is 0.0214. The molecule has 4 nitrogen and oxygen atoms in total. The van der Waals surface area contributed by atoms with Crippen LogP contribution in [0.25, 0.3) is 0 Å². The van der Waals surface area contributed by atoms with E-state index < -0.39 is 0 Å². The summed E-state index contributed by atoms with van der Waals surface area (Å²) in [7, 11) is 3.94. The third-order valence-electron chi connectivity index (χ3n) is 2.75. The van der Waals surface area contributed by atoms with Gasteiger partial charge in [0.2, 0.25) is 5.91 Å². The minimum Gasteiger partial charge on any atom is -0.378 e. The number of carbonyl (C=O) groups excluding carboxylic acids is 1. The van der Waals surface area contributed by atoms with E-state index in [0.29, 0.717) is 6.42 Å². The van der Waals surface area contributed by atoms with E-state index in [1.807, 2.05) is 43.3 Å². The zero-order chi connectivity index (χ0) is 13.5. The smallest absolute Gasteiger partial charge is 0.225 e. The van der Waals surface area contributed by atoms with Gasteiger partial charge in [0.1, 0.15) is 0 Å². The van der Waals surface area contributed by atoms with Crippen molar-refractivity contribution in [2.75, 3.05) is 24.3 Å². The van der Waals surface area contributed by atoms with Gasteiger partial charge in [-0.05, 0) is 24.6 Å². The van der Waals surface area contributed by atoms with Gasteiger partial charge in [-0.15, -0.1) is 0 Å². The molecule has 3 N–H and O–H groups in total. The van der Waals surface area contributed by atoms with Crippen molar-refractivity contribution in [2.45, 2.75) is 32.2 Å². The second-order valence-electron chi connectivity index (χ2n) is 4.75. The molecule has 0 aliphatic carbocycles. The lowest BCUT2D eigenvalue weighted by Gasteiger charge is -2.15. The molecule has 18 heavy (non-hydrogen) atoms. The van der Waals surface area contributed by atoms with E-state index in [1.54, 1.807) is 0 Å². The summed E-state index contributed by atoms with van der Waals surface area (Å²) in [5, 5.41) is 2.88. The standard InChI is InChI=1S/C14H23N3O/c1-4-6-11(15)9-14(18)16-12-7-5-8-13(10-12)17(2)3/h5,7-8,10-11H,4,6,9,15H2,1-3H3,(H,16,18). The molecule has 1 aromatic carbocycles. The zero-order valence-corrected chi connectivity index (χ0v) is 11.4. The summed E-state index contributed by atoms with van der Waals surface area (Å²) in [6, 6.07) is 7.71. The third kappa shape index (κ3) is 4.75. The Morgan fingerprint density at radius 1 is 1.44 bits per heavy atom. The van der Waals surface area contributed by atoms with E-state index in [0.717, 1.165) is 24.2 Å². The molecule has 0 radical (unpaired) electrons. The van der Waals surface area contributed by atoms with Crippen LogP contribution in [0.4, 0.5) is 11.4 Å². The number of nitrogens with one attached hydrogen (secondary N) is 1. The van der Waals surface area contributed by atoms with Gasteiger partial charge in [0.15, 0.2) is 0 Å². The Morgan fingerprint density at radius 3 is 2.78 bits per heavy atom. The number of rotatable bonds is 6. The summed E-state index contributed by atoms with van der Waals surface area (Å²) in [5.41, 5.74) is 7.72. The van der Waals surface area contributed by atoms with Crippen molar-refractivity contribution in [3.63, 3.8) is 0 Å². The van der Waals surface area contributed by atoms with Gasteiger partial charge in [0.25, 0.3) is 0 Å². The van der Waals surface area contributed by atoms with E-state index in [2.05, 4.69) is 12.2 Å². The molecular weight excluding hydrogens is 226 g/mol. The average Bonchev–Trinajstić information content (AvgIpc) is 2.29. The molecule has 0 saturated heterocycles. The molecule has 0 bridgehead atoms. The van der Waals surface area contributed by atoms with Gasteiger partial charge in [0.05, 0.1) is 0 Å². The molecule has 100 valence electrons. The predicted molar refractivity (Wildman–Crippen MR) is 76.9 cm³/mol. The summed E-state index contributed by atoms with van der Waals surface area (Å²) in [6.45, 7) is 2.07. The summed E-state index contributed by atoms with van der Waals surface area (Å²) in [5.74, 6) is -0.0214. The van der Waals surface area contributed by atoms with Crippen molar-refractivity contribution >= 4 is 17.3 Å². The highest BCUT2D eigenvalue weighted by atomic mass is 16.1. The van der Waals surface area contributed by atoms with Crippen LogP contribution in [-0.4, -0.2) is 26.0 Å². The van der Waals surface area contributed by atoms with E-state index >= 15 is 0 Å². The summed E-state index contributed by atoms with van der Waals surface area (Å²) < 4.78 is 0. The number of anilines is 2. The van der Waals surface area contributed by atoms with Crippen molar-refractivity contribution in [1.29, 1.82) is 0 Å². The zero-order valence-electron chi connectivity index (χ0n) is 11.4. The summed E-state index contributed by atoms with van der Waals surface area (Å²) >= 11 is 0. The lowest BCUT2D eigenvalue weighted by molar-refractivity contribution is -0.116. The molecule has 4 heteroatoms. The van der Waals surface area contributed by atoms with E-state index in [4.69, 9.17) is 5.73 Å². The molecule has 0 fully saturated rings. The SMILES string of the molecule is CCCC(N)CC(=O)Nc1cccc(N(C)C)c1. The molecule has 1 aromatic rings. The molecule has 0 heterocycles. The maximum Gasteiger partial charge on any atom is 0.225 e. The normalized spacial score (nSPS) is 12.0. The quantitative estimate of drug-likeness (QED) is 0.812. The van der Waals surface area contributed by atoms with Crippen molar-refractivity contribution in [3.05, 3.63) is 24.3 Å². The van der Waals surface area contributed by atoms with Crippen LogP contribution in [0.5, 0.6) is 0 Å². The Kier molecular flexibility index (Phi) is 5.65. The first-order valence-electron chi connectivity index (χ1n) is 6.35. The maximum absolute atomic E-state index is 11.8. The molecule has 1 atom stereocenters. The highest BCUT2D eigenvalue weighted by molar-refractivity contribution is 5.91. The van der Waals surface area contributed by atoms with Gasteiger partial charge in [-0.2, -0.15) is 0 Å². The molecule has 1 amide bonds. The molecule has 0 aliphatic rings. The Morgan fingerprint density at radius 2 is 2.17 bits per heavy atom. The van der Waals surface area contributed by atoms with Gasteiger partial charge in [-0.3, -0.25) is 4.79 Å². The fraction of sp³-hybridized carbons (Fsp3) is 0.500. The summed E-state index contributed by atoms with van der Waals surface area (Å²) in [4.78, 5) is 13.8. The number of nitrogens with zero attached hydrogens (tertiary/aromatic N) is 1. The van der Waals surface area contributed by atoms with Crippen molar-refractivity contribution in [1.82, 2.24) is 0 Å². The van der Waals surface area contributed by atoms with Crippen LogP contribution in [0.3, 0.4) is 0 Å². The number of amides is 1. The van der Waals surface area contributed by atoms with Crippen molar-refractivity contribution < 1.29 is 4.79 Å². The Hall–Kier alpha value is -1.55. The highest BCUT2D eigenvalue weighted by Gasteiger charge is 2.09. The molecule has 0 aromatic heterocycles. The van der Waals surface area contributed by atoms with Crippen molar-refractivity contribution in [2.24, 2.45) is 5.73 Å². The topological polar surface area (TPSA) is 58.4 Å². The number of carbonyl (C=O) groups is 1. The minimum atomic E-state index is -0.0490. The predicted octanol–water partition coefficient (Wildman–Crippen LogP) is 2.21. The lowest BCUT2D eigenvalue weighted by atomic mass is 10.1. The number of hydrogen-bond donors (Lipinski definition) is 2. The Balaban J connectivity index is 2.56. The Labute approximate surface area is 109 Å². The van der Waals surface area contributed by atoms with Crippen LogP contribution in [0.2, 0.25) is 0 Å². The molecule has 0 saturated carbocycles. The maximum atomic E-state index is 11.8. The number of benzene rings is 1. The van der Waals surface area contributed by atoms with Gasteiger partial charge >= 0.3 is 0 Å². The second-order valence-corrected chi connectivity index (χ2v) is 4.75. The van der Waals surface area contributed by atoms with Crippen molar-refractivity contribution in [3.8, 4) is 0 Å². The van der Waals surface area contributed by atoms with Gasteiger partial charge in [-0.25, -0.2) is 0 Å².